The van der Waals surface area contributed by atoms with Gasteiger partial charge in [0, 0.05) is 0 Å². The van der Waals surface area contributed by atoms with Gasteiger partial charge in [0.05, 0.1) is 12.2 Å². The Hall–Kier alpha value is -0.0400. The van der Waals surface area contributed by atoms with Crippen LogP contribution in [0.4, 0.5) is 0 Å². The van der Waals surface area contributed by atoms with E-state index in [1.807, 2.05) is 0 Å². The number of epoxide rings is 1. The highest BCUT2D eigenvalue weighted by Gasteiger charge is 2.52. The Bertz CT molecular complexity index is 95.0. The quantitative estimate of drug-likeness (QED) is 0.432. The molecule has 1 saturated heterocycles. The summed E-state index contributed by atoms with van der Waals surface area (Å²) in [5.41, 5.74) is 0. The van der Waals surface area contributed by atoms with Gasteiger partial charge < -0.3 is 4.74 Å². The Labute approximate surface area is 50.0 Å². The molecule has 0 spiro atoms. The van der Waals surface area contributed by atoms with E-state index in [4.69, 9.17) is 4.74 Å². The van der Waals surface area contributed by atoms with Gasteiger partial charge in [-0.05, 0) is 18.3 Å². The van der Waals surface area contributed by atoms with Crippen molar-refractivity contribution >= 4 is 0 Å². The molecular weight excluding hydrogens is 100 g/mol. The summed E-state index contributed by atoms with van der Waals surface area (Å²) in [4.78, 5) is 0. The van der Waals surface area contributed by atoms with Crippen LogP contribution in [0, 0.1) is 11.8 Å². The summed E-state index contributed by atoms with van der Waals surface area (Å²) < 4.78 is 5.38. The summed E-state index contributed by atoms with van der Waals surface area (Å²) in [5, 5.41) is 0. The van der Waals surface area contributed by atoms with Gasteiger partial charge in [0.15, 0.2) is 0 Å². The second kappa shape index (κ2) is 1.27. The molecule has 1 heterocycles. The van der Waals surface area contributed by atoms with Crippen molar-refractivity contribution in [3.8, 4) is 0 Å². The van der Waals surface area contributed by atoms with Crippen LogP contribution in [0.3, 0.4) is 0 Å². The maximum Gasteiger partial charge on any atom is 0.0870 e. The summed E-state index contributed by atoms with van der Waals surface area (Å²) >= 11 is 0. The van der Waals surface area contributed by atoms with Crippen molar-refractivity contribution in [1.29, 1.82) is 0 Å². The molecule has 1 aliphatic heterocycles. The zero-order chi connectivity index (χ0) is 5.72. The van der Waals surface area contributed by atoms with Crippen molar-refractivity contribution in [1.82, 2.24) is 0 Å². The zero-order valence-electron chi connectivity index (χ0n) is 5.42. The Morgan fingerprint density at radius 1 is 1.12 bits per heavy atom. The average molecular weight is 112 g/mol. The van der Waals surface area contributed by atoms with Gasteiger partial charge in [0.2, 0.25) is 0 Å². The standard InChI is InChI=1S/C7H12O/c1-4-3-5(2)7-6(4)8-7/h4-7H,3H2,1-2H3. The highest BCUT2D eigenvalue weighted by molar-refractivity contribution is 4.99. The average Bonchev–Trinajstić information content (AvgIpc) is 2.35. The van der Waals surface area contributed by atoms with E-state index in [9.17, 15) is 0 Å². The maximum absolute atomic E-state index is 5.38. The molecule has 4 unspecified atom stereocenters. The lowest BCUT2D eigenvalue weighted by Gasteiger charge is -2.04. The van der Waals surface area contributed by atoms with E-state index in [-0.39, 0.29) is 0 Å². The third-order valence-corrected chi connectivity index (χ3v) is 2.43. The molecule has 0 radical (unpaired) electrons. The second-order valence-corrected chi connectivity index (χ2v) is 3.26. The molecule has 1 aliphatic carbocycles. The Balaban J connectivity index is 2.09. The van der Waals surface area contributed by atoms with Gasteiger partial charge in [-0.15, -0.1) is 0 Å². The van der Waals surface area contributed by atoms with Crippen LogP contribution in [0.1, 0.15) is 20.3 Å². The fraction of sp³-hybridized carbons (Fsp3) is 1.00. The Kier molecular flexibility index (Phi) is 0.762. The molecule has 8 heavy (non-hydrogen) atoms. The van der Waals surface area contributed by atoms with Gasteiger partial charge in [-0.2, -0.15) is 0 Å². The van der Waals surface area contributed by atoms with Crippen LogP contribution < -0.4 is 0 Å². The van der Waals surface area contributed by atoms with E-state index in [2.05, 4.69) is 13.8 Å². The number of rotatable bonds is 0. The minimum Gasteiger partial charge on any atom is -0.369 e. The number of hydrogen-bond donors (Lipinski definition) is 0. The molecule has 0 aromatic rings. The zero-order valence-corrected chi connectivity index (χ0v) is 5.42. The molecular formula is C7H12O. The van der Waals surface area contributed by atoms with Crippen molar-refractivity contribution in [3.05, 3.63) is 0 Å². The maximum atomic E-state index is 5.38. The van der Waals surface area contributed by atoms with Crippen LogP contribution in [0.2, 0.25) is 0 Å². The first kappa shape index (κ1) is 4.80. The summed E-state index contributed by atoms with van der Waals surface area (Å²) in [7, 11) is 0. The van der Waals surface area contributed by atoms with Crippen molar-refractivity contribution in [2.24, 2.45) is 11.8 Å². The van der Waals surface area contributed by atoms with Crippen molar-refractivity contribution in [2.45, 2.75) is 32.5 Å². The molecule has 1 nitrogen and oxygen atoms in total. The molecule has 2 fully saturated rings. The monoisotopic (exact) mass is 112 g/mol. The molecule has 2 aliphatic rings. The van der Waals surface area contributed by atoms with E-state index >= 15 is 0 Å². The van der Waals surface area contributed by atoms with Crippen LogP contribution in [0.5, 0.6) is 0 Å². The van der Waals surface area contributed by atoms with Gasteiger partial charge in [0.1, 0.15) is 0 Å². The van der Waals surface area contributed by atoms with Crippen LogP contribution in [0.15, 0.2) is 0 Å². The van der Waals surface area contributed by atoms with E-state index in [0.29, 0.717) is 12.2 Å². The van der Waals surface area contributed by atoms with E-state index in [1.54, 1.807) is 0 Å². The largest absolute Gasteiger partial charge is 0.369 e. The molecule has 4 atom stereocenters. The van der Waals surface area contributed by atoms with Crippen molar-refractivity contribution in [2.75, 3.05) is 0 Å². The van der Waals surface area contributed by atoms with Crippen LogP contribution >= 0.6 is 0 Å². The molecule has 2 rings (SSSR count). The number of fused-ring (bicyclic) bond motifs is 1. The van der Waals surface area contributed by atoms with Gasteiger partial charge in [-0.25, -0.2) is 0 Å². The van der Waals surface area contributed by atoms with Gasteiger partial charge in [0.25, 0.3) is 0 Å². The third kappa shape index (κ3) is 0.455. The highest BCUT2D eigenvalue weighted by atomic mass is 16.6. The molecule has 0 amide bonds. The lowest BCUT2D eigenvalue weighted by atomic mass is 10.1. The van der Waals surface area contributed by atoms with Gasteiger partial charge >= 0.3 is 0 Å². The third-order valence-electron chi connectivity index (χ3n) is 2.43. The van der Waals surface area contributed by atoms with Crippen LogP contribution in [-0.2, 0) is 4.74 Å². The summed E-state index contributed by atoms with van der Waals surface area (Å²) in [5.74, 6) is 1.69. The minimum absolute atomic E-state index is 0.657. The van der Waals surface area contributed by atoms with Crippen molar-refractivity contribution in [3.63, 3.8) is 0 Å². The topological polar surface area (TPSA) is 12.5 Å². The van der Waals surface area contributed by atoms with Gasteiger partial charge in [-0.1, -0.05) is 13.8 Å². The van der Waals surface area contributed by atoms with E-state index in [0.717, 1.165) is 11.8 Å². The van der Waals surface area contributed by atoms with E-state index < -0.39 is 0 Å². The fourth-order valence-electron chi connectivity index (χ4n) is 1.91. The molecule has 0 aromatic carbocycles. The number of ether oxygens (including phenoxy) is 1. The predicted octanol–water partition coefficient (Wildman–Crippen LogP) is 1.43. The molecule has 1 heteroatoms. The van der Waals surface area contributed by atoms with Gasteiger partial charge in [-0.3, -0.25) is 0 Å². The number of hydrogen-bond acceptors (Lipinski definition) is 1. The lowest BCUT2D eigenvalue weighted by Crippen LogP contribution is -1.98. The predicted molar refractivity (Wildman–Crippen MR) is 31.6 cm³/mol. The molecule has 46 valence electrons. The highest BCUT2D eigenvalue weighted by Crippen LogP contribution is 2.46. The summed E-state index contributed by atoms with van der Waals surface area (Å²) in [6.07, 6.45) is 2.70. The van der Waals surface area contributed by atoms with Crippen LogP contribution in [0.25, 0.3) is 0 Å². The van der Waals surface area contributed by atoms with Crippen molar-refractivity contribution < 1.29 is 4.74 Å². The van der Waals surface area contributed by atoms with E-state index in [1.165, 1.54) is 6.42 Å². The minimum atomic E-state index is 0.657. The molecule has 0 aromatic heterocycles. The molecule has 1 saturated carbocycles. The summed E-state index contributed by atoms with van der Waals surface area (Å²) in [6.45, 7) is 4.57. The fourth-order valence-corrected chi connectivity index (χ4v) is 1.91. The van der Waals surface area contributed by atoms with Crippen LogP contribution in [-0.4, -0.2) is 12.2 Å². The first-order valence-corrected chi connectivity index (χ1v) is 3.44. The Morgan fingerprint density at radius 2 is 1.62 bits per heavy atom. The smallest absolute Gasteiger partial charge is 0.0870 e. The molecule has 0 bridgehead atoms. The first-order valence-electron chi connectivity index (χ1n) is 3.44. The normalized spacial score (nSPS) is 60.8. The SMILES string of the molecule is CC1CC(C)C2OC12. The second-order valence-electron chi connectivity index (χ2n) is 3.26. The molecule has 0 N–H and O–H groups in total. The first-order chi connectivity index (χ1) is 3.79. The summed E-state index contributed by atoms with van der Waals surface area (Å²) in [6, 6.07) is 0. The lowest BCUT2D eigenvalue weighted by molar-refractivity contribution is 0.236. The Morgan fingerprint density at radius 3 is 1.75 bits per heavy atom.